The monoisotopic (exact) mass is 272 g/mol. The molecule has 2 unspecified atom stereocenters. The van der Waals surface area contributed by atoms with E-state index >= 15 is 0 Å². The van der Waals surface area contributed by atoms with Gasteiger partial charge in [-0.2, -0.15) is 0 Å². The molecule has 5 heteroatoms. The number of piperidine rings is 1. The molecule has 0 aromatic rings. The number of nitrogens with one attached hydrogen (secondary N) is 2. The van der Waals surface area contributed by atoms with Crippen molar-refractivity contribution < 1.29 is 9.90 Å². The molecule has 1 saturated carbocycles. The summed E-state index contributed by atoms with van der Waals surface area (Å²) in [6, 6.07) is 0. The van der Waals surface area contributed by atoms with E-state index in [0.29, 0.717) is 16.9 Å². The average Bonchev–Trinajstić information content (AvgIpc) is 2.81. The molecule has 4 nitrogen and oxygen atoms in total. The molecule has 3 N–H and O–H groups in total. The van der Waals surface area contributed by atoms with Gasteiger partial charge in [0.25, 0.3) is 0 Å². The number of hydrogen-bond acceptors (Lipinski definition) is 4. The molecule has 1 amide bonds. The molecule has 18 heavy (non-hydrogen) atoms. The average molecular weight is 272 g/mol. The summed E-state index contributed by atoms with van der Waals surface area (Å²) < 4.78 is 0. The number of hydrogen-bond donors (Lipinski definition) is 3. The highest BCUT2D eigenvalue weighted by atomic mass is 32.2. The highest BCUT2D eigenvalue weighted by molar-refractivity contribution is 8.00. The van der Waals surface area contributed by atoms with Crippen molar-refractivity contribution in [3.63, 3.8) is 0 Å². The van der Waals surface area contributed by atoms with Gasteiger partial charge in [0.2, 0.25) is 5.91 Å². The number of aliphatic hydroxyl groups excluding tert-OH is 1. The third kappa shape index (κ3) is 4.78. The fourth-order valence-electron chi connectivity index (χ4n) is 2.70. The summed E-state index contributed by atoms with van der Waals surface area (Å²) in [6.07, 6.45) is 4.99. The molecule has 0 bridgehead atoms. The second-order valence-electron chi connectivity index (χ2n) is 5.40. The second-order valence-corrected chi connectivity index (χ2v) is 6.69. The van der Waals surface area contributed by atoms with Gasteiger partial charge in [-0.25, -0.2) is 0 Å². The largest absolute Gasteiger partial charge is 0.393 e. The summed E-state index contributed by atoms with van der Waals surface area (Å²) in [5.41, 5.74) is 0. The lowest BCUT2D eigenvalue weighted by Gasteiger charge is -2.21. The predicted molar refractivity (Wildman–Crippen MR) is 74.7 cm³/mol. The van der Waals surface area contributed by atoms with E-state index in [9.17, 15) is 9.90 Å². The summed E-state index contributed by atoms with van der Waals surface area (Å²) in [5, 5.41) is 16.4. The van der Waals surface area contributed by atoms with Gasteiger partial charge in [0.1, 0.15) is 0 Å². The first-order valence-corrected chi connectivity index (χ1v) is 8.06. The van der Waals surface area contributed by atoms with Gasteiger partial charge >= 0.3 is 0 Å². The molecular weight excluding hydrogens is 248 g/mol. The lowest BCUT2D eigenvalue weighted by molar-refractivity contribution is -0.118. The van der Waals surface area contributed by atoms with E-state index in [1.807, 2.05) is 0 Å². The van der Waals surface area contributed by atoms with Gasteiger partial charge in [0.05, 0.1) is 11.9 Å². The topological polar surface area (TPSA) is 61.4 Å². The summed E-state index contributed by atoms with van der Waals surface area (Å²) in [6.45, 7) is 2.90. The van der Waals surface area contributed by atoms with Crippen LogP contribution in [0.1, 0.15) is 32.1 Å². The Bertz CT molecular complexity index is 259. The molecule has 0 aromatic carbocycles. The van der Waals surface area contributed by atoms with Crippen LogP contribution in [0.5, 0.6) is 0 Å². The molecule has 0 aromatic heterocycles. The lowest BCUT2D eigenvalue weighted by atomic mass is 10.1. The molecule has 1 heterocycles. The fraction of sp³-hybridized carbons (Fsp3) is 0.923. The Labute approximate surface area is 113 Å². The SMILES string of the molecule is O=C(CSC1CCNCC1)NCC1CCC(O)C1. The first-order valence-electron chi connectivity index (χ1n) is 7.01. The molecule has 1 aliphatic heterocycles. The minimum atomic E-state index is -0.143. The van der Waals surface area contributed by atoms with Crippen molar-refractivity contribution in [2.24, 2.45) is 5.92 Å². The third-order valence-electron chi connectivity index (χ3n) is 3.84. The van der Waals surface area contributed by atoms with Gasteiger partial charge in [-0.05, 0) is 51.1 Å². The Morgan fingerprint density at radius 1 is 1.28 bits per heavy atom. The maximum Gasteiger partial charge on any atom is 0.230 e. The molecule has 0 spiro atoms. The maximum atomic E-state index is 11.7. The summed E-state index contributed by atoms with van der Waals surface area (Å²) in [4.78, 5) is 11.7. The van der Waals surface area contributed by atoms with Crippen LogP contribution in [0, 0.1) is 5.92 Å². The summed E-state index contributed by atoms with van der Waals surface area (Å²) in [5.74, 6) is 1.22. The van der Waals surface area contributed by atoms with Crippen LogP contribution in [-0.4, -0.2) is 47.8 Å². The van der Waals surface area contributed by atoms with Gasteiger partial charge in [-0.1, -0.05) is 0 Å². The predicted octanol–water partition coefficient (Wildman–Crippen LogP) is 0.749. The zero-order chi connectivity index (χ0) is 12.8. The quantitative estimate of drug-likeness (QED) is 0.691. The number of aliphatic hydroxyl groups is 1. The van der Waals surface area contributed by atoms with Gasteiger partial charge in [-0.15, -0.1) is 11.8 Å². The highest BCUT2D eigenvalue weighted by Gasteiger charge is 2.23. The Morgan fingerprint density at radius 3 is 2.72 bits per heavy atom. The van der Waals surface area contributed by atoms with Gasteiger partial charge < -0.3 is 15.7 Å². The highest BCUT2D eigenvalue weighted by Crippen LogP contribution is 2.24. The third-order valence-corrected chi connectivity index (χ3v) is 5.21. The van der Waals surface area contributed by atoms with Crippen LogP contribution in [0.2, 0.25) is 0 Å². The van der Waals surface area contributed by atoms with E-state index in [-0.39, 0.29) is 12.0 Å². The van der Waals surface area contributed by atoms with Crippen molar-refractivity contribution in [2.45, 2.75) is 43.5 Å². The zero-order valence-corrected chi connectivity index (χ0v) is 11.7. The first-order chi connectivity index (χ1) is 8.74. The smallest absolute Gasteiger partial charge is 0.230 e. The zero-order valence-electron chi connectivity index (χ0n) is 10.9. The Hall–Kier alpha value is -0.260. The molecule has 0 radical (unpaired) electrons. The van der Waals surface area contributed by atoms with Crippen molar-refractivity contribution >= 4 is 17.7 Å². The van der Waals surface area contributed by atoms with Crippen LogP contribution < -0.4 is 10.6 Å². The van der Waals surface area contributed by atoms with Gasteiger partial charge in [0.15, 0.2) is 0 Å². The lowest BCUT2D eigenvalue weighted by Crippen LogP contribution is -2.33. The molecule has 1 aliphatic carbocycles. The maximum absolute atomic E-state index is 11.7. The molecular formula is C13H24N2O2S. The number of carbonyl (C=O) groups excluding carboxylic acids is 1. The fourth-order valence-corrected chi connectivity index (χ4v) is 3.76. The van der Waals surface area contributed by atoms with Crippen molar-refractivity contribution in [3.05, 3.63) is 0 Å². The Kier molecular flexibility index (Phi) is 5.79. The van der Waals surface area contributed by atoms with Crippen molar-refractivity contribution in [1.82, 2.24) is 10.6 Å². The Morgan fingerprint density at radius 2 is 2.06 bits per heavy atom. The minimum absolute atomic E-state index is 0.143. The summed E-state index contributed by atoms with van der Waals surface area (Å²) in [7, 11) is 0. The van der Waals surface area contributed by atoms with Gasteiger partial charge in [0, 0.05) is 11.8 Å². The van der Waals surface area contributed by atoms with Gasteiger partial charge in [-0.3, -0.25) is 4.79 Å². The Balaban J connectivity index is 1.54. The van der Waals surface area contributed by atoms with E-state index in [1.54, 1.807) is 11.8 Å². The summed E-state index contributed by atoms with van der Waals surface area (Å²) >= 11 is 1.79. The minimum Gasteiger partial charge on any atom is -0.393 e. The normalized spacial score (nSPS) is 29.4. The van der Waals surface area contributed by atoms with E-state index in [2.05, 4.69) is 10.6 Å². The molecule has 2 aliphatic rings. The first kappa shape index (κ1) is 14.2. The van der Waals surface area contributed by atoms with E-state index in [1.165, 1.54) is 12.8 Å². The van der Waals surface area contributed by atoms with Crippen molar-refractivity contribution in [3.8, 4) is 0 Å². The van der Waals surface area contributed by atoms with Crippen LogP contribution in [0.4, 0.5) is 0 Å². The number of amides is 1. The number of carbonyl (C=O) groups is 1. The second kappa shape index (κ2) is 7.36. The van der Waals surface area contributed by atoms with Crippen LogP contribution in [0.25, 0.3) is 0 Å². The van der Waals surface area contributed by atoms with Crippen molar-refractivity contribution in [1.29, 1.82) is 0 Å². The molecule has 2 atom stereocenters. The number of rotatable bonds is 5. The van der Waals surface area contributed by atoms with E-state index < -0.39 is 0 Å². The molecule has 2 fully saturated rings. The van der Waals surface area contributed by atoms with Crippen molar-refractivity contribution in [2.75, 3.05) is 25.4 Å². The standard InChI is InChI=1S/C13H24N2O2S/c16-11-2-1-10(7-11)8-15-13(17)9-18-12-3-5-14-6-4-12/h10-12,14,16H,1-9H2,(H,15,17). The molecule has 104 valence electrons. The van der Waals surface area contributed by atoms with E-state index in [0.717, 1.165) is 38.9 Å². The van der Waals surface area contributed by atoms with Crippen LogP contribution in [0.15, 0.2) is 0 Å². The van der Waals surface area contributed by atoms with Crippen LogP contribution in [-0.2, 0) is 4.79 Å². The van der Waals surface area contributed by atoms with Crippen LogP contribution in [0.3, 0.4) is 0 Å². The van der Waals surface area contributed by atoms with Crippen LogP contribution >= 0.6 is 11.8 Å². The molecule has 1 saturated heterocycles. The number of thioether (sulfide) groups is 1. The van der Waals surface area contributed by atoms with E-state index in [4.69, 9.17) is 0 Å². The molecule has 2 rings (SSSR count).